The third-order valence-electron chi connectivity index (χ3n) is 4.67. The molecule has 1 aliphatic rings. The van der Waals surface area contributed by atoms with Crippen molar-refractivity contribution >= 4 is 5.91 Å². The molecule has 0 saturated carbocycles. The zero-order chi connectivity index (χ0) is 18.8. The van der Waals surface area contributed by atoms with Crippen molar-refractivity contribution in [3.8, 4) is 0 Å². The van der Waals surface area contributed by atoms with Crippen LogP contribution in [0.25, 0.3) is 0 Å². The maximum atomic E-state index is 12.6. The summed E-state index contributed by atoms with van der Waals surface area (Å²) in [5, 5.41) is 9.07. The lowest BCUT2D eigenvalue weighted by Crippen LogP contribution is -2.40. The van der Waals surface area contributed by atoms with E-state index in [4.69, 9.17) is 0 Å². The Kier molecular flexibility index (Phi) is 4.45. The van der Waals surface area contributed by atoms with Gasteiger partial charge >= 0.3 is 0 Å². The third-order valence-corrected chi connectivity index (χ3v) is 4.67. The van der Waals surface area contributed by atoms with Gasteiger partial charge < -0.3 is 4.90 Å². The standard InChI is InChI=1S/C19H19N5O3/c25-17-9-14(19(27)21-20-17)10-18(26)23-6-7-24-16(12-23)11-15(22-24)8-13-4-2-1-3-5-13/h1-5,9,11H,6-8,10,12H2,(H,20,25)(H,21,27). The summed E-state index contributed by atoms with van der Waals surface area (Å²) >= 11 is 0. The third kappa shape index (κ3) is 3.74. The minimum atomic E-state index is -0.449. The molecule has 3 aromatic rings. The number of hydrogen-bond donors (Lipinski definition) is 2. The van der Waals surface area contributed by atoms with E-state index in [1.165, 1.54) is 11.6 Å². The molecular weight excluding hydrogens is 346 g/mol. The summed E-state index contributed by atoms with van der Waals surface area (Å²) in [7, 11) is 0. The van der Waals surface area contributed by atoms with E-state index in [-0.39, 0.29) is 17.9 Å². The summed E-state index contributed by atoms with van der Waals surface area (Å²) < 4.78 is 1.93. The van der Waals surface area contributed by atoms with Crippen LogP contribution >= 0.6 is 0 Å². The van der Waals surface area contributed by atoms with E-state index in [1.807, 2.05) is 28.9 Å². The largest absolute Gasteiger partial charge is 0.335 e. The lowest BCUT2D eigenvalue weighted by molar-refractivity contribution is -0.132. The number of H-pyrrole nitrogens is 2. The number of benzene rings is 1. The van der Waals surface area contributed by atoms with Gasteiger partial charge in [0.05, 0.1) is 30.9 Å². The van der Waals surface area contributed by atoms with Gasteiger partial charge in [0.25, 0.3) is 11.1 Å². The molecule has 0 atom stereocenters. The van der Waals surface area contributed by atoms with Crippen molar-refractivity contribution in [2.24, 2.45) is 0 Å². The fourth-order valence-corrected chi connectivity index (χ4v) is 3.29. The highest BCUT2D eigenvalue weighted by molar-refractivity contribution is 5.78. The van der Waals surface area contributed by atoms with Crippen LogP contribution < -0.4 is 11.1 Å². The number of rotatable bonds is 4. The van der Waals surface area contributed by atoms with Gasteiger partial charge in [-0.05, 0) is 11.6 Å². The lowest BCUT2D eigenvalue weighted by atomic mass is 10.1. The Morgan fingerprint density at radius 1 is 1.07 bits per heavy atom. The number of aromatic amines is 2. The molecule has 2 N–H and O–H groups in total. The molecule has 0 saturated heterocycles. The summed E-state index contributed by atoms with van der Waals surface area (Å²) in [4.78, 5) is 37.4. The van der Waals surface area contributed by atoms with Crippen molar-refractivity contribution in [3.05, 3.63) is 85.7 Å². The van der Waals surface area contributed by atoms with E-state index in [0.29, 0.717) is 19.6 Å². The first-order chi connectivity index (χ1) is 13.1. The molecule has 1 aromatic carbocycles. The number of aromatic nitrogens is 4. The second kappa shape index (κ2) is 7.06. The minimum Gasteiger partial charge on any atom is -0.335 e. The smallest absolute Gasteiger partial charge is 0.266 e. The molecule has 0 unspecified atom stereocenters. The zero-order valence-electron chi connectivity index (χ0n) is 14.6. The minimum absolute atomic E-state index is 0.0930. The number of carbonyl (C=O) groups is 1. The van der Waals surface area contributed by atoms with E-state index >= 15 is 0 Å². The maximum absolute atomic E-state index is 12.6. The van der Waals surface area contributed by atoms with Crippen LogP contribution in [0.5, 0.6) is 0 Å². The van der Waals surface area contributed by atoms with Crippen LogP contribution in [0.4, 0.5) is 0 Å². The molecule has 4 rings (SSSR count). The Bertz CT molecular complexity index is 1080. The molecule has 0 fully saturated rings. The van der Waals surface area contributed by atoms with E-state index < -0.39 is 11.1 Å². The fraction of sp³-hybridized carbons (Fsp3) is 0.263. The van der Waals surface area contributed by atoms with E-state index in [1.54, 1.807) is 4.90 Å². The number of hydrogen-bond acceptors (Lipinski definition) is 4. The van der Waals surface area contributed by atoms with Crippen LogP contribution in [0.15, 0.2) is 52.1 Å². The fourth-order valence-electron chi connectivity index (χ4n) is 3.29. The molecule has 0 radical (unpaired) electrons. The quantitative estimate of drug-likeness (QED) is 0.700. The van der Waals surface area contributed by atoms with E-state index in [9.17, 15) is 14.4 Å². The number of nitrogens with one attached hydrogen (secondary N) is 2. The summed E-state index contributed by atoms with van der Waals surface area (Å²) in [6.07, 6.45) is 0.654. The molecule has 27 heavy (non-hydrogen) atoms. The van der Waals surface area contributed by atoms with Gasteiger partial charge in [-0.3, -0.25) is 29.3 Å². The van der Waals surface area contributed by atoms with Gasteiger partial charge in [0.15, 0.2) is 0 Å². The number of amides is 1. The number of fused-ring (bicyclic) bond motifs is 1. The first-order valence-corrected chi connectivity index (χ1v) is 8.77. The molecule has 1 aliphatic heterocycles. The van der Waals surface area contributed by atoms with E-state index in [0.717, 1.165) is 17.8 Å². The van der Waals surface area contributed by atoms with Gasteiger partial charge in [0, 0.05) is 24.6 Å². The van der Waals surface area contributed by atoms with Crippen molar-refractivity contribution in [2.45, 2.75) is 25.9 Å². The summed E-state index contributed by atoms with van der Waals surface area (Å²) in [5.41, 5.74) is 2.42. The predicted molar refractivity (Wildman–Crippen MR) is 98.3 cm³/mol. The molecule has 0 spiro atoms. The summed E-state index contributed by atoms with van der Waals surface area (Å²) in [6.45, 7) is 1.59. The topological polar surface area (TPSA) is 104 Å². The highest BCUT2D eigenvalue weighted by atomic mass is 16.2. The number of carbonyl (C=O) groups excluding carboxylic acids is 1. The van der Waals surface area contributed by atoms with E-state index in [2.05, 4.69) is 27.4 Å². The van der Waals surface area contributed by atoms with Crippen LogP contribution in [0.1, 0.15) is 22.5 Å². The Hall–Kier alpha value is -3.42. The Balaban J connectivity index is 1.46. The molecule has 3 heterocycles. The van der Waals surface area contributed by atoms with Crippen molar-refractivity contribution in [3.63, 3.8) is 0 Å². The number of nitrogens with zero attached hydrogens (tertiary/aromatic N) is 3. The van der Waals surface area contributed by atoms with Gasteiger partial charge in [-0.1, -0.05) is 30.3 Å². The normalized spacial score (nSPS) is 13.4. The summed E-state index contributed by atoms with van der Waals surface area (Å²) in [5.74, 6) is -0.178. The second-order valence-corrected chi connectivity index (χ2v) is 6.62. The van der Waals surface area contributed by atoms with Crippen LogP contribution in [0, 0.1) is 0 Å². The molecule has 2 aromatic heterocycles. The van der Waals surface area contributed by atoms with Gasteiger partial charge in [-0.25, -0.2) is 0 Å². The van der Waals surface area contributed by atoms with Crippen LogP contribution in [-0.2, 0) is 30.7 Å². The molecule has 0 bridgehead atoms. The van der Waals surface area contributed by atoms with Crippen molar-refractivity contribution in [1.82, 2.24) is 24.9 Å². The lowest BCUT2D eigenvalue weighted by Gasteiger charge is -2.27. The van der Waals surface area contributed by atoms with Gasteiger partial charge in [-0.15, -0.1) is 0 Å². The van der Waals surface area contributed by atoms with Gasteiger partial charge in [-0.2, -0.15) is 5.10 Å². The first-order valence-electron chi connectivity index (χ1n) is 8.77. The molecule has 8 heteroatoms. The summed E-state index contributed by atoms with van der Waals surface area (Å²) in [6, 6.07) is 13.3. The van der Waals surface area contributed by atoms with Gasteiger partial charge in [0.2, 0.25) is 5.91 Å². The van der Waals surface area contributed by atoms with Crippen molar-refractivity contribution < 1.29 is 4.79 Å². The maximum Gasteiger partial charge on any atom is 0.266 e. The van der Waals surface area contributed by atoms with Gasteiger partial charge in [0.1, 0.15) is 0 Å². The highest BCUT2D eigenvalue weighted by Gasteiger charge is 2.23. The SMILES string of the molecule is O=C(Cc1cc(=O)[nH][nH]c1=O)N1CCn2nc(Cc3ccccc3)cc2C1. The molecular formula is C19H19N5O3. The highest BCUT2D eigenvalue weighted by Crippen LogP contribution is 2.17. The molecule has 138 valence electrons. The Morgan fingerprint density at radius 2 is 1.89 bits per heavy atom. The average Bonchev–Trinajstić information content (AvgIpc) is 3.06. The first kappa shape index (κ1) is 17.0. The Morgan fingerprint density at radius 3 is 2.70 bits per heavy atom. The molecule has 8 nitrogen and oxygen atoms in total. The predicted octanol–water partition coefficient (Wildman–Crippen LogP) is 0.435. The van der Waals surface area contributed by atoms with Crippen LogP contribution in [-0.4, -0.2) is 37.3 Å². The van der Waals surface area contributed by atoms with Crippen molar-refractivity contribution in [1.29, 1.82) is 0 Å². The Labute approximate surface area is 154 Å². The molecule has 1 amide bonds. The second-order valence-electron chi connectivity index (χ2n) is 6.62. The zero-order valence-corrected chi connectivity index (χ0v) is 14.6. The van der Waals surface area contributed by atoms with Crippen LogP contribution in [0.2, 0.25) is 0 Å². The molecule has 0 aliphatic carbocycles. The average molecular weight is 365 g/mol. The monoisotopic (exact) mass is 365 g/mol. The van der Waals surface area contributed by atoms with Crippen molar-refractivity contribution in [2.75, 3.05) is 6.54 Å². The van der Waals surface area contributed by atoms with Crippen LogP contribution in [0.3, 0.4) is 0 Å².